The number of nitrogens with one attached hydrogen (secondary N) is 1. The van der Waals surface area contributed by atoms with Crippen LogP contribution in [0.5, 0.6) is 5.75 Å². The first-order valence-corrected chi connectivity index (χ1v) is 13.6. The third-order valence-corrected chi connectivity index (χ3v) is 9.47. The SMILES string of the molecule is O=C(NC1CC2(CCCCC2)Oc2ccccc21)C1CCN(S(=O)(=O)c2ccc(F)cc2)CC1. The van der Waals surface area contributed by atoms with Gasteiger partial charge in [-0.15, -0.1) is 0 Å². The highest BCUT2D eigenvalue weighted by atomic mass is 32.2. The van der Waals surface area contributed by atoms with Crippen LogP contribution in [0.2, 0.25) is 0 Å². The van der Waals surface area contributed by atoms with E-state index in [1.165, 1.54) is 22.9 Å². The van der Waals surface area contributed by atoms with Crippen molar-refractivity contribution in [1.29, 1.82) is 0 Å². The number of benzene rings is 2. The zero-order chi connectivity index (χ0) is 23.8. The molecule has 2 fully saturated rings. The fourth-order valence-electron chi connectivity index (χ4n) is 5.65. The number of rotatable bonds is 4. The molecule has 5 rings (SSSR count). The zero-order valence-electron chi connectivity index (χ0n) is 19.2. The molecule has 182 valence electrons. The number of carbonyl (C=O) groups is 1. The number of nitrogens with zero attached hydrogens (tertiary/aromatic N) is 1. The van der Waals surface area contributed by atoms with E-state index in [1.807, 2.05) is 24.3 Å². The summed E-state index contributed by atoms with van der Waals surface area (Å²) >= 11 is 0. The average Bonchev–Trinajstić information content (AvgIpc) is 2.85. The Morgan fingerprint density at radius 2 is 1.68 bits per heavy atom. The van der Waals surface area contributed by atoms with Gasteiger partial charge in [0.15, 0.2) is 0 Å². The average molecular weight is 487 g/mol. The van der Waals surface area contributed by atoms with Crippen molar-refractivity contribution in [2.45, 2.75) is 67.9 Å². The van der Waals surface area contributed by atoms with Gasteiger partial charge in [-0.3, -0.25) is 4.79 Å². The molecule has 0 radical (unpaired) electrons. The van der Waals surface area contributed by atoms with E-state index >= 15 is 0 Å². The maximum Gasteiger partial charge on any atom is 0.243 e. The highest BCUT2D eigenvalue weighted by Crippen LogP contribution is 2.46. The predicted molar refractivity (Wildman–Crippen MR) is 126 cm³/mol. The number of piperidine rings is 1. The smallest absolute Gasteiger partial charge is 0.243 e. The Hall–Kier alpha value is -2.45. The third kappa shape index (κ3) is 4.58. The van der Waals surface area contributed by atoms with Gasteiger partial charge in [0.05, 0.1) is 10.9 Å². The minimum Gasteiger partial charge on any atom is -0.487 e. The van der Waals surface area contributed by atoms with Crippen LogP contribution in [0.15, 0.2) is 53.4 Å². The summed E-state index contributed by atoms with van der Waals surface area (Å²) in [5.74, 6) is 0.128. The number of amides is 1. The van der Waals surface area contributed by atoms with Crippen LogP contribution in [0.3, 0.4) is 0 Å². The van der Waals surface area contributed by atoms with E-state index in [1.54, 1.807) is 0 Å². The zero-order valence-corrected chi connectivity index (χ0v) is 20.0. The molecule has 1 amide bonds. The number of para-hydroxylation sites is 1. The molecule has 6 nitrogen and oxygen atoms in total. The third-order valence-electron chi connectivity index (χ3n) is 7.55. The summed E-state index contributed by atoms with van der Waals surface area (Å²) in [4.78, 5) is 13.3. The Morgan fingerprint density at radius 3 is 2.38 bits per heavy atom. The Labute approximate surface area is 200 Å². The number of ether oxygens (including phenoxy) is 1. The highest BCUT2D eigenvalue weighted by Gasteiger charge is 2.43. The van der Waals surface area contributed by atoms with Crippen LogP contribution in [0, 0.1) is 11.7 Å². The molecule has 2 heterocycles. The van der Waals surface area contributed by atoms with Crippen molar-refractivity contribution in [2.75, 3.05) is 13.1 Å². The summed E-state index contributed by atoms with van der Waals surface area (Å²) in [5, 5.41) is 3.28. The second-order valence-electron chi connectivity index (χ2n) is 9.78. The Kier molecular flexibility index (Phi) is 6.37. The number of sulfonamides is 1. The van der Waals surface area contributed by atoms with Gasteiger partial charge < -0.3 is 10.1 Å². The molecular formula is C26H31FN2O4S. The van der Waals surface area contributed by atoms with E-state index in [0.29, 0.717) is 12.8 Å². The summed E-state index contributed by atoms with van der Waals surface area (Å²) in [6.45, 7) is 0.540. The molecule has 2 aromatic rings. The first-order chi connectivity index (χ1) is 16.4. The van der Waals surface area contributed by atoms with Gasteiger partial charge in [-0.05, 0) is 68.9 Å². The summed E-state index contributed by atoms with van der Waals surface area (Å²) in [6, 6.07) is 12.7. The second kappa shape index (κ2) is 9.30. The number of hydrogen-bond acceptors (Lipinski definition) is 4. The normalized spacial score (nSPS) is 23.1. The van der Waals surface area contributed by atoms with Crippen molar-refractivity contribution in [3.8, 4) is 5.75 Å². The molecule has 1 saturated heterocycles. The molecule has 0 aromatic heterocycles. The van der Waals surface area contributed by atoms with Crippen LogP contribution in [0.25, 0.3) is 0 Å². The van der Waals surface area contributed by atoms with Crippen molar-refractivity contribution >= 4 is 15.9 Å². The van der Waals surface area contributed by atoms with Crippen molar-refractivity contribution in [1.82, 2.24) is 9.62 Å². The molecule has 1 N–H and O–H groups in total. The molecule has 1 atom stereocenters. The summed E-state index contributed by atoms with van der Waals surface area (Å²) in [6.07, 6.45) is 7.22. The summed E-state index contributed by atoms with van der Waals surface area (Å²) in [5.41, 5.74) is 0.806. The van der Waals surface area contributed by atoms with Gasteiger partial charge in [0.25, 0.3) is 0 Å². The van der Waals surface area contributed by atoms with Crippen LogP contribution in [0.1, 0.15) is 63.0 Å². The summed E-state index contributed by atoms with van der Waals surface area (Å²) in [7, 11) is -3.70. The first kappa shape index (κ1) is 23.3. The van der Waals surface area contributed by atoms with Gasteiger partial charge in [0.2, 0.25) is 15.9 Å². The van der Waals surface area contributed by atoms with E-state index in [9.17, 15) is 17.6 Å². The van der Waals surface area contributed by atoms with Gasteiger partial charge in [-0.25, -0.2) is 12.8 Å². The summed E-state index contributed by atoms with van der Waals surface area (Å²) < 4.78 is 46.8. The van der Waals surface area contributed by atoms with Crippen LogP contribution < -0.4 is 10.1 Å². The minimum absolute atomic E-state index is 0.0218. The van der Waals surface area contributed by atoms with Gasteiger partial charge in [-0.2, -0.15) is 4.31 Å². The topological polar surface area (TPSA) is 75.7 Å². The Bertz CT molecular complexity index is 1140. The lowest BCUT2D eigenvalue weighted by Gasteiger charge is -2.45. The molecule has 34 heavy (non-hydrogen) atoms. The lowest BCUT2D eigenvalue weighted by molar-refractivity contribution is -0.127. The minimum atomic E-state index is -3.70. The van der Waals surface area contributed by atoms with Gasteiger partial charge in [0, 0.05) is 31.0 Å². The maximum atomic E-state index is 13.2. The first-order valence-electron chi connectivity index (χ1n) is 12.2. The van der Waals surface area contributed by atoms with Crippen LogP contribution in [-0.2, 0) is 14.8 Å². The molecule has 1 unspecified atom stereocenters. The van der Waals surface area contributed by atoms with Crippen molar-refractivity contribution in [3.05, 3.63) is 59.9 Å². The second-order valence-corrected chi connectivity index (χ2v) is 11.7. The Balaban J connectivity index is 1.25. The number of hydrogen-bond donors (Lipinski definition) is 1. The van der Waals surface area contributed by atoms with E-state index < -0.39 is 15.8 Å². The number of fused-ring (bicyclic) bond motifs is 1. The molecular weight excluding hydrogens is 455 g/mol. The number of carbonyl (C=O) groups excluding carboxylic acids is 1. The van der Waals surface area contributed by atoms with Crippen molar-refractivity contribution in [3.63, 3.8) is 0 Å². The molecule has 2 aromatic carbocycles. The highest BCUT2D eigenvalue weighted by molar-refractivity contribution is 7.89. The van der Waals surface area contributed by atoms with E-state index in [2.05, 4.69) is 5.32 Å². The van der Waals surface area contributed by atoms with Gasteiger partial charge in [0.1, 0.15) is 17.2 Å². The number of halogens is 1. The molecule has 8 heteroatoms. The Morgan fingerprint density at radius 1 is 1.00 bits per heavy atom. The molecule has 0 bridgehead atoms. The fraction of sp³-hybridized carbons (Fsp3) is 0.500. The fourth-order valence-corrected chi connectivity index (χ4v) is 7.12. The largest absolute Gasteiger partial charge is 0.487 e. The van der Waals surface area contributed by atoms with Crippen molar-refractivity contribution in [2.24, 2.45) is 5.92 Å². The quantitative estimate of drug-likeness (QED) is 0.687. The molecule has 2 aliphatic heterocycles. The monoisotopic (exact) mass is 486 g/mol. The van der Waals surface area contributed by atoms with Gasteiger partial charge in [-0.1, -0.05) is 24.6 Å². The predicted octanol–water partition coefficient (Wildman–Crippen LogP) is 4.57. The van der Waals surface area contributed by atoms with Crippen LogP contribution in [0.4, 0.5) is 4.39 Å². The maximum absolute atomic E-state index is 13.2. The van der Waals surface area contributed by atoms with Crippen LogP contribution >= 0.6 is 0 Å². The standard InChI is InChI=1S/C26H31FN2O4S/c27-20-8-10-21(11-9-20)34(31,32)29-16-12-19(13-17-29)25(30)28-23-18-26(14-4-1-5-15-26)33-24-7-3-2-6-22(23)24/h2-3,6-11,19,23H,1,4-5,12-18H2,(H,28,30). The van der Waals surface area contributed by atoms with E-state index in [-0.39, 0.29) is 41.5 Å². The molecule has 1 saturated carbocycles. The van der Waals surface area contributed by atoms with Crippen molar-refractivity contribution < 1.29 is 22.3 Å². The lowest BCUT2D eigenvalue weighted by atomic mass is 9.77. The van der Waals surface area contributed by atoms with E-state index in [4.69, 9.17) is 4.74 Å². The van der Waals surface area contributed by atoms with E-state index in [0.717, 1.165) is 55.5 Å². The van der Waals surface area contributed by atoms with Gasteiger partial charge >= 0.3 is 0 Å². The van der Waals surface area contributed by atoms with Crippen LogP contribution in [-0.4, -0.2) is 37.3 Å². The molecule has 1 aliphatic carbocycles. The molecule has 3 aliphatic rings. The molecule has 1 spiro atoms. The lowest BCUT2D eigenvalue weighted by Crippen LogP contribution is -2.48.